The van der Waals surface area contributed by atoms with Crippen molar-refractivity contribution in [2.75, 3.05) is 11.9 Å². The van der Waals surface area contributed by atoms with Crippen LogP contribution in [0.5, 0.6) is 0 Å². The van der Waals surface area contributed by atoms with Gasteiger partial charge in [-0.2, -0.15) is 31.4 Å². The molecular weight excluding hydrogens is 548 g/mol. The largest absolute Gasteiger partial charge is 0.416 e. The third kappa shape index (κ3) is 5.00. The van der Waals surface area contributed by atoms with Gasteiger partial charge in [0.15, 0.2) is 17.3 Å². The Labute approximate surface area is 223 Å². The SMILES string of the molecule is CCn1ncc2c(-c3cccc(F)c3F)c(N(C)C(=O)C(C)(C)c3cc(C(F)(F)F)cc(C(F)(F)F)c3)cnc21. The normalized spacial score (nSPS) is 12.7. The van der Waals surface area contributed by atoms with E-state index in [9.17, 15) is 35.5 Å². The highest BCUT2D eigenvalue weighted by molar-refractivity contribution is 6.08. The maximum atomic E-state index is 15.0. The Morgan fingerprint density at radius 1 is 0.925 bits per heavy atom. The predicted octanol–water partition coefficient (Wildman–Crippen LogP) is 7.37. The lowest BCUT2D eigenvalue weighted by molar-refractivity contribution is -0.143. The predicted molar refractivity (Wildman–Crippen MR) is 131 cm³/mol. The number of aromatic nitrogens is 3. The molecule has 0 aliphatic rings. The van der Waals surface area contributed by atoms with Crippen LogP contribution >= 0.6 is 0 Å². The summed E-state index contributed by atoms with van der Waals surface area (Å²) < 4.78 is 112. The minimum atomic E-state index is -5.11. The summed E-state index contributed by atoms with van der Waals surface area (Å²) in [7, 11) is 1.22. The highest BCUT2D eigenvalue weighted by Crippen LogP contribution is 2.42. The average Bonchev–Trinajstić information content (AvgIpc) is 3.31. The van der Waals surface area contributed by atoms with Crippen LogP contribution in [0.1, 0.15) is 37.5 Å². The zero-order chi connectivity index (χ0) is 29.8. The highest BCUT2D eigenvalue weighted by atomic mass is 19.4. The number of alkyl halides is 6. The van der Waals surface area contributed by atoms with Gasteiger partial charge in [0, 0.05) is 30.1 Å². The highest BCUT2D eigenvalue weighted by Gasteiger charge is 2.41. The molecule has 0 N–H and O–H groups in total. The number of pyridine rings is 1. The third-order valence-electron chi connectivity index (χ3n) is 6.68. The van der Waals surface area contributed by atoms with Crippen LogP contribution in [0.2, 0.25) is 0 Å². The smallest absolute Gasteiger partial charge is 0.313 e. The number of halogens is 8. The Bertz CT molecular complexity index is 1570. The summed E-state index contributed by atoms with van der Waals surface area (Å²) in [6, 6.07) is 4.37. The Morgan fingerprint density at radius 2 is 1.50 bits per heavy atom. The van der Waals surface area contributed by atoms with Crippen molar-refractivity contribution in [3.8, 4) is 11.1 Å². The van der Waals surface area contributed by atoms with Crippen molar-refractivity contribution in [3.05, 3.63) is 77.1 Å². The minimum Gasteiger partial charge on any atom is -0.313 e. The molecule has 4 aromatic rings. The van der Waals surface area contributed by atoms with E-state index in [2.05, 4.69) is 10.1 Å². The van der Waals surface area contributed by atoms with Gasteiger partial charge in [-0.3, -0.25) is 4.79 Å². The minimum absolute atomic E-state index is 0.0216. The fourth-order valence-electron chi connectivity index (χ4n) is 4.45. The summed E-state index contributed by atoms with van der Waals surface area (Å²) in [6.45, 7) is 4.49. The van der Waals surface area contributed by atoms with Crippen LogP contribution in [0.15, 0.2) is 48.8 Å². The van der Waals surface area contributed by atoms with Crippen molar-refractivity contribution in [3.63, 3.8) is 0 Å². The number of likely N-dealkylation sites (N-methyl/N-ethyl adjacent to an activating group) is 1. The van der Waals surface area contributed by atoms with Gasteiger partial charge >= 0.3 is 12.4 Å². The number of rotatable bonds is 5. The monoisotopic (exact) mass is 570 g/mol. The summed E-state index contributed by atoms with van der Waals surface area (Å²) in [5.74, 6) is -3.33. The summed E-state index contributed by atoms with van der Waals surface area (Å²) in [4.78, 5) is 19.0. The average molecular weight is 570 g/mol. The number of aryl methyl sites for hydroxylation is 1. The first-order chi connectivity index (χ1) is 18.5. The van der Waals surface area contributed by atoms with Gasteiger partial charge in [-0.05, 0) is 50.6 Å². The molecule has 0 spiro atoms. The molecule has 0 aliphatic carbocycles. The Morgan fingerprint density at radius 3 is 2.05 bits per heavy atom. The van der Waals surface area contributed by atoms with Crippen molar-refractivity contribution in [2.24, 2.45) is 0 Å². The zero-order valence-corrected chi connectivity index (χ0v) is 21.5. The molecule has 4 rings (SSSR count). The first-order valence-corrected chi connectivity index (χ1v) is 11.9. The molecule has 0 radical (unpaired) electrons. The fraction of sp³-hybridized carbons (Fsp3) is 0.296. The van der Waals surface area contributed by atoms with E-state index in [4.69, 9.17) is 0 Å². The van der Waals surface area contributed by atoms with Crippen LogP contribution in [0.4, 0.5) is 40.8 Å². The van der Waals surface area contributed by atoms with Gasteiger partial charge < -0.3 is 4.90 Å². The van der Waals surface area contributed by atoms with Gasteiger partial charge in [0.25, 0.3) is 0 Å². The summed E-state index contributed by atoms with van der Waals surface area (Å²) in [6.07, 6.45) is -7.69. The maximum absolute atomic E-state index is 15.0. The Kier molecular flexibility index (Phi) is 7.14. The van der Waals surface area contributed by atoms with Gasteiger partial charge in [-0.1, -0.05) is 12.1 Å². The number of fused-ring (bicyclic) bond motifs is 1. The van der Waals surface area contributed by atoms with Gasteiger partial charge in [0.1, 0.15) is 0 Å². The van der Waals surface area contributed by atoms with Crippen LogP contribution in [-0.4, -0.2) is 27.7 Å². The lowest BCUT2D eigenvalue weighted by atomic mass is 9.81. The van der Waals surface area contributed by atoms with Gasteiger partial charge in [-0.25, -0.2) is 18.4 Å². The number of anilines is 1. The van der Waals surface area contributed by atoms with Crippen LogP contribution < -0.4 is 4.90 Å². The van der Waals surface area contributed by atoms with Gasteiger partial charge in [-0.15, -0.1) is 0 Å². The molecule has 0 aliphatic heterocycles. The van der Waals surface area contributed by atoms with E-state index in [-0.39, 0.29) is 33.9 Å². The molecule has 1 amide bonds. The van der Waals surface area contributed by atoms with E-state index in [1.165, 1.54) is 50.1 Å². The summed E-state index contributed by atoms with van der Waals surface area (Å²) in [5, 5.41) is 4.43. The van der Waals surface area contributed by atoms with Crippen LogP contribution in [0, 0.1) is 11.6 Å². The lowest BCUT2D eigenvalue weighted by Crippen LogP contribution is -2.42. The second-order valence-electron chi connectivity index (χ2n) is 9.60. The maximum Gasteiger partial charge on any atom is 0.416 e. The molecule has 212 valence electrons. The number of amides is 1. The van der Waals surface area contributed by atoms with E-state index < -0.39 is 52.0 Å². The lowest BCUT2D eigenvalue weighted by Gasteiger charge is -2.32. The summed E-state index contributed by atoms with van der Waals surface area (Å²) in [5.41, 5.74) is -5.61. The van der Waals surface area contributed by atoms with E-state index in [1.54, 1.807) is 6.92 Å². The van der Waals surface area contributed by atoms with E-state index in [0.717, 1.165) is 11.0 Å². The molecule has 5 nitrogen and oxygen atoms in total. The molecule has 0 atom stereocenters. The molecule has 40 heavy (non-hydrogen) atoms. The number of hydrogen-bond acceptors (Lipinski definition) is 3. The van der Waals surface area contributed by atoms with Gasteiger partial charge in [0.2, 0.25) is 5.91 Å². The molecule has 2 aromatic heterocycles. The Hall–Kier alpha value is -4.03. The molecule has 0 saturated carbocycles. The number of nitrogens with zero attached hydrogens (tertiary/aromatic N) is 4. The van der Waals surface area contributed by atoms with E-state index in [0.29, 0.717) is 18.7 Å². The topological polar surface area (TPSA) is 51.0 Å². The summed E-state index contributed by atoms with van der Waals surface area (Å²) >= 11 is 0. The van der Waals surface area contributed by atoms with Crippen LogP contribution in [-0.2, 0) is 29.1 Å². The molecule has 13 heteroatoms. The molecule has 2 aromatic carbocycles. The quantitative estimate of drug-likeness (QED) is 0.236. The van der Waals surface area contributed by atoms with E-state index >= 15 is 4.39 Å². The molecule has 0 saturated heterocycles. The van der Waals surface area contributed by atoms with Gasteiger partial charge in [0.05, 0.1) is 34.6 Å². The second kappa shape index (κ2) is 9.86. The standard InChI is InChI=1S/C27H22F8N4O/c1-5-39-23-18(12-37-39)21(17-7-6-8-19(28)22(17)29)20(13-36-23)38(4)24(40)25(2,3)14-9-15(26(30,31)32)11-16(10-14)27(33,34)35/h6-13H,5H2,1-4H3. The fourth-order valence-corrected chi connectivity index (χ4v) is 4.45. The molecule has 0 bridgehead atoms. The number of hydrogen-bond donors (Lipinski definition) is 0. The molecular formula is C27H22F8N4O. The van der Waals surface area contributed by atoms with Crippen LogP contribution in [0.3, 0.4) is 0 Å². The molecule has 0 unspecified atom stereocenters. The van der Waals surface area contributed by atoms with Crippen molar-refractivity contribution in [2.45, 2.75) is 45.1 Å². The number of carbonyl (C=O) groups excluding carboxylic acids is 1. The van der Waals surface area contributed by atoms with Crippen LogP contribution in [0.25, 0.3) is 22.2 Å². The van der Waals surface area contributed by atoms with Crippen molar-refractivity contribution >= 4 is 22.6 Å². The molecule has 2 heterocycles. The Balaban J connectivity index is 1.91. The number of benzene rings is 2. The number of carbonyl (C=O) groups is 1. The first kappa shape index (κ1) is 29.0. The first-order valence-electron chi connectivity index (χ1n) is 11.9. The van der Waals surface area contributed by atoms with Crippen molar-refractivity contribution in [1.82, 2.24) is 14.8 Å². The molecule has 0 fully saturated rings. The van der Waals surface area contributed by atoms with E-state index in [1.807, 2.05) is 0 Å². The second-order valence-corrected chi connectivity index (χ2v) is 9.60. The van der Waals surface area contributed by atoms with Crippen molar-refractivity contribution < 1.29 is 39.9 Å². The van der Waals surface area contributed by atoms with Crippen molar-refractivity contribution in [1.29, 1.82) is 0 Å². The zero-order valence-electron chi connectivity index (χ0n) is 21.5. The third-order valence-corrected chi connectivity index (χ3v) is 6.68.